The number of nitrogens with zero attached hydrogens (tertiary/aromatic N) is 3. The standard InChI is InChI=1S/C19H30BN3O2/c1-18(2)19(3,4)25-20(24-18)16-13-21-17(22-14-16)23(5)12-11-15-9-7-6-8-10-15/h9,13-14H,6-8,10-12H2,1-5H3. The second-order valence-corrected chi connectivity index (χ2v) is 8.18. The molecule has 2 aliphatic rings. The van der Waals surface area contributed by atoms with Gasteiger partial charge in [0, 0.05) is 31.4 Å². The van der Waals surface area contributed by atoms with Crippen LogP contribution in [0.3, 0.4) is 0 Å². The molecule has 136 valence electrons. The fourth-order valence-electron chi connectivity index (χ4n) is 3.17. The summed E-state index contributed by atoms with van der Waals surface area (Å²) in [6.45, 7) is 9.15. The van der Waals surface area contributed by atoms with E-state index in [-0.39, 0.29) is 11.2 Å². The molecule has 0 spiro atoms. The van der Waals surface area contributed by atoms with Gasteiger partial charge in [0.1, 0.15) is 0 Å². The SMILES string of the molecule is CN(CCC1=CCCCC1)c1ncc(B2OC(C)(C)C(C)(C)O2)cn1. The molecular formula is C19H30BN3O2. The fourth-order valence-corrected chi connectivity index (χ4v) is 3.17. The van der Waals surface area contributed by atoms with Crippen LogP contribution in [0.4, 0.5) is 5.95 Å². The van der Waals surface area contributed by atoms with Crippen LogP contribution >= 0.6 is 0 Å². The van der Waals surface area contributed by atoms with Crippen molar-refractivity contribution < 1.29 is 9.31 Å². The minimum Gasteiger partial charge on any atom is -0.399 e. The predicted octanol–water partition coefficient (Wildman–Crippen LogP) is 3.10. The largest absolute Gasteiger partial charge is 0.498 e. The Hall–Kier alpha value is -1.40. The van der Waals surface area contributed by atoms with E-state index >= 15 is 0 Å². The van der Waals surface area contributed by atoms with Gasteiger partial charge in [0.15, 0.2) is 0 Å². The Kier molecular flexibility index (Phi) is 5.21. The van der Waals surface area contributed by atoms with E-state index in [9.17, 15) is 0 Å². The molecule has 0 aromatic carbocycles. The van der Waals surface area contributed by atoms with Gasteiger partial charge in [-0.05, 0) is 59.8 Å². The average Bonchev–Trinajstić information content (AvgIpc) is 2.81. The van der Waals surface area contributed by atoms with Gasteiger partial charge in [-0.3, -0.25) is 0 Å². The minimum atomic E-state index is -0.406. The van der Waals surface area contributed by atoms with Crippen LogP contribution in [0.15, 0.2) is 24.0 Å². The van der Waals surface area contributed by atoms with Gasteiger partial charge in [0.25, 0.3) is 0 Å². The van der Waals surface area contributed by atoms with E-state index in [0.29, 0.717) is 0 Å². The molecule has 0 bridgehead atoms. The quantitative estimate of drug-likeness (QED) is 0.607. The van der Waals surface area contributed by atoms with Crippen molar-refractivity contribution in [2.45, 2.75) is 71.0 Å². The smallest absolute Gasteiger partial charge is 0.399 e. The van der Waals surface area contributed by atoms with Gasteiger partial charge in [-0.25, -0.2) is 9.97 Å². The number of aromatic nitrogens is 2. The van der Waals surface area contributed by atoms with Crippen LogP contribution in [-0.4, -0.2) is 41.9 Å². The van der Waals surface area contributed by atoms with Crippen LogP contribution in [0.1, 0.15) is 59.8 Å². The second-order valence-electron chi connectivity index (χ2n) is 8.18. The van der Waals surface area contributed by atoms with Crippen LogP contribution < -0.4 is 10.4 Å². The second kappa shape index (κ2) is 7.08. The maximum Gasteiger partial charge on any atom is 0.498 e. The first-order chi connectivity index (χ1) is 11.8. The normalized spacial score (nSPS) is 22.0. The summed E-state index contributed by atoms with van der Waals surface area (Å²) in [6, 6.07) is 0. The molecule has 3 rings (SSSR count). The first kappa shape index (κ1) is 18.4. The summed E-state index contributed by atoms with van der Waals surface area (Å²) < 4.78 is 12.1. The topological polar surface area (TPSA) is 47.5 Å². The lowest BCUT2D eigenvalue weighted by atomic mass is 9.81. The molecule has 1 aromatic rings. The maximum atomic E-state index is 6.05. The summed E-state index contributed by atoms with van der Waals surface area (Å²) in [4.78, 5) is 11.2. The van der Waals surface area contributed by atoms with Crippen molar-refractivity contribution in [3.8, 4) is 0 Å². The highest BCUT2D eigenvalue weighted by Crippen LogP contribution is 2.36. The molecule has 1 saturated heterocycles. The third-order valence-electron chi connectivity index (χ3n) is 5.68. The third-order valence-corrected chi connectivity index (χ3v) is 5.68. The van der Waals surface area contributed by atoms with E-state index < -0.39 is 7.12 Å². The molecule has 0 amide bonds. The number of rotatable bonds is 5. The number of allylic oxidation sites excluding steroid dienone is 1. The molecule has 0 unspecified atom stereocenters. The van der Waals surface area contributed by atoms with E-state index in [1.54, 1.807) is 5.57 Å². The van der Waals surface area contributed by atoms with Crippen molar-refractivity contribution in [3.63, 3.8) is 0 Å². The van der Waals surface area contributed by atoms with E-state index in [4.69, 9.17) is 9.31 Å². The summed E-state index contributed by atoms with van der Waals surface area (Å²) in [5.74, 6) is 0.747. The molecular weight excluding hydrogens is 313 g/mol. The van der Waals surface area contributed by atoms with E-state index in [1.165, 1.54) is 25.7 Å². The van der Waals surface area contributed by atoms with Crippen LogP contribution in [-0.2, 0) is 9.31 Å². The van der Waals surface area contributed by atoms with Gasteiger partial charge < -0.3 is 14.2 Å². The third kappa shape index (κ3) is 4.06. The molecule has 1 fully saturated rings. The highest BCUT2D eigenvalue weighted by Gasteiger charge is 2.51. The van der Waals surface area contributed by atoms with E-state index in [2.05, 4.69) is 48.6 Å². The highest BCUT2D eigenvalue weighted by atomic mass is 16.7. The summed E-state index contributed by atoms with van der Waals surface area (Å²) in [6.07, 6.45) is 12.3. The Morgan fingerprint density at radius 1 is 1.08 bits per heavy atom. The molecule has 0 radical (unpaired) electrons. The van der Waals surface area contributed by atoms with Crippen molar-refractivity contribution >= 4 is 18.5 Å². The first-order valence-corrected chi connectivity index (χ1v) is 9.35. The van der Waals surface area contributed by atoms with Gasteiger partial charge in [0.05, 0.1) is 11.2 Å². The van der Waals surface area contributed by atoms with Crippen LogP contribution in [0.2, 0.25) is 0 Å². The summed E-state index contributed by atoms with van der Waals surface area (Å²) in [5, 5.41) is 0. The van der Waals surface area contributed by atoms with Gasteiger partial charge in [-0.2, -0.15) is 0 Å². The lowest BCUT2D eigenvalue weighted by Gasteiger charge is -2.32. The van der Waals surface area contributed by atoms with Gasteiger partial charge in [0.2, 0.25) is 5.95 Å². The van der Waals surface area contributed by atoms with Crippen molar-refractivity contribution in [1.82, 2.24) is 9.97 Å². The monoisotopic (exact) mass is 343 g/mol. The van der Waals surface area contributed by atoms with Crippen molar-refractivity contribution in [3.05, 3.63) is 24.0 Å². The van der Waals surface area contributed by atoms with Crippen molar-refractivity contribution in [2.75, 3.05) is 18.5 Å². The van der Waals surface area contributed by atoms with Gasteiger partial charge in [-0.1, -0.05) is 11.6 Å². The Balaban J connectivity index is 1.59. The molecule has 25 heavy (non-hydrogen) atoms. The zero-order valence-corrected chi connectivity index (χ0v) is 16.2. The Morgan fingerprint density at radius 3 is 2.28 bits per heavy atom. The van der Waals surface area contributed by atoms with Crippen LogP contribution in [0.5, 0.6) is 0 Å². The maximum absolute atomic E-state index is 6.05. The highest BCUT2D eigenvalue weighted by molar-refractivity contribution is 6.61. The summed E-state index contributed by atoms with van der Waals surface area (Å²) in [5.41, 5.74) is 1.75. The number of hydrogen-bond donors (Lipinski definition) is 0. The van der Waals surface area contributed by atoms with Crippen molar-refractivity contribution in [1.29, 1.82) is 0 Å². The molecule has 1 aliphatic heterocycles. The Bertz CT molecular complexity index is 612. The van der Waals surface area contributed by atoms with E-state index in [0.717, 1.165) is 24.4 Å². The van der Waals surface area contributed by atoms with Crippen LogP contribution in [0.25, 0.3) is 0 Å². The Labute approximate surface area is 152 Å². The van der Waals surface area contributed by atoms with Gasteiger partial charge in [-0.15, -0.1) is 0 Å². The first-order valence-electron chi connectivity index (χ1n) is 9.35. The van der Waals surface area contributed by atoms with E-state index in [1.807, 2.05) is 19.4 Å². The fraction of sp³-hybridized carbons (Fsp3) is 0.684. The molecule has 2 heterocycles. The average molecular weight is 343 g/mol. The number of hydrogen-bond acceptors (Lipinski definition) is 5. The Morgan fingerprint density at radius 2 is 1.72 bits per heavy atom. The summed E-state index contributed by atoms with van der Waals surface area (Å²) in [7, 11) is 1.64. The summed E-state index contributed by atoms with van der Waals surface area (Å²) >= 11 is 0. The molecule has 1 aromatic heterocycles. The molecule has 5 nitrogen and oxygen atoms in total. The zero-order chi connectivity index (χ0) is 18.1. The van der Waals surface area contributed by atoms with Gasteiger partial charge >= 0.3 is 7.12 Å². The lowest BCUT2D eigenvalue weighted by molar-refractivity contribution is 0.00578. The number of anilines is 1. The minimum absolute atomic E-state index is 0.346. The van der Waals surface area contributed by atoms with Crippen LogP contribution in [0, 0.1) is 0 Å². The molecule has 0 saturated carbocycles. The molecule has 6 heteroatoms. The predicted molar refractivity (Wildman–Crippen MR) is 102 cm³/mol. The van der Waals surface area contributed by atoms with Crippen molar-refractivity contribution in [2.24, 2.45) is 0 Å². The molecule has 0 N–H and O–H groups in total. The molecule has 0 atom stereocenters. The molecule has 1 aliphatic carbocycles. The lowest BCUT2D eigenvalue weighted by Crippen LogP contribution is -2.41. The zero-order valence-electron chi connectivity index (χ0n) is 16.2.